The molecule has 0 saturated carbocycles. The van der Waals surface area contributed by atoms with Crippen LogP contribution in [-0.2, 0) is 19.1 Å². The summed E-state index contributed by atoms with van der Waals surface area (Å²) in [6.07, 6.45) is 2.01. The third kappa shape index (κ3) is 4.68. The van der Waals surface area contributed by atoms with Crippen LogP contribution in [0.4, 0.5) is 0 Å². The number of rotatable bonds is 5. The lowest BCUT2D eigenvalue weighted by Gasteiger charge is -2.50. The molecule has 0 aromatic heterocycles. The van der Waals surface area contributed by atoms with Crippen LogP contribution >= 0.6 is 0 Å². The lowest BCUT2D eigenvalue weighted by Crippen LogP contribution is -2.60. The molecular weight excluding hydrogens is 274 g/mol. The predicted octanol–water partition coefficient (Wildman–Crippen LogP) is 2.49. The minimum atomic E-state index is -0.510. The summed E-state index contributed by atoms with van der Waals surface area (Å²) < 4.78 is 9.87. The van der Waals surface area contributed by atoms with Crippen LogP contribution in [0.25, 0.3) is 0 Å². The van der Waals surface area contributed by atoms with E-state index in [0.29, 0.717) is 25.7 Å². The molecule has 21 heavy (non-hydrogen) atoms. The molecule has 6 heteroatoms. The zero-order chi connectivity index (χ0) is 16.3. The first-order valence-electron chi connectivity index (χ1n) is 7.41. The van der Waals surface area contributed by atoms with E-state index in [9.17, 15) is 14.8 Å². The fourth-order valence-electron chi connectivity index (χ4n) is 2.98. The second-order valence-electron chi connectivity index (χ2n) is 6.89. The molecule has 1 aliphatic rings. The van der Waals surface area contributed by atoms with Gasteiger partial charge in [0.05, 0.1) is 5.92 Å². The molecule has 0 atom stereocenters. The molecule has 0 aliphatic carbocycles. The average molecular weight is 301 g/mol. The fraction of sp³-hybridized carbons (Fsp3) is 0.867. The van der Waals surface area contributed by atoms with Gasteiger partial charge in [-0.3, -0.25) is 9.59 Å². The molecule has 1 rings (SSSR count). The quantitative estimate of drug-likeness (QED) is 0.621. The maximum absolute atomic E-state index is 12.1. The molecule has 0 aromatic carbocycles. The Labute approximate surface area is 126 Å². The molecule has 0 bridgehead atoms. The standard InChI is InChI=1S/C15H27NO5/c1-6-7-12(17)20-10-21-13(18)11-8-14(2,3)16(19)15(4,5)9-11/h11,19H,6-10H2,1-5H3. The van der Waals surface area contributed by atoms with Crippen LogP contribution in [0.2, 0.25) is 0 Å². The van der Waals surface area contributed by atoms with E-state index in [2.05, 4.69) is 0 Å². The summed E-state index contributed by atoms with van der Waals surface area (Å²) in [5.74, 6) is -1.06. The summed E-state index contributed by atoms with van der Waals surface area (Å²) in [7, 11) is 0. The summed E-state index contributed by atoms with van der Waals surface area (Å²) in [5, 5.41) is 11.5. The zero-order valence-electron chi connectivity index (χ0n) is 13.6. The largest absolute Gasteiger partial charge is 0.428 e. The summed E-state index contributed by atoms with van der Waals surface area (Å²) in [6, 6.07) is 0. The second-order valence-corrected chi connectivity index (χ2v) is 6.89. The number of esters is 2. The minimum Gasteiger partial charge on any atom is -0.428 e. The molecule has 1 saturated heterocycles. The maximum Gasteiger partial charge on any atom is 0.311 e. The van der Waals surface area contributed by atoms with Crippen molar-refractivity contribution in [2.45, 2.75) is 71.4 Å². The van der Waals surface area contributed by atoms with E-state index < -0.39 is 11.1 Å². The van der Waals surface area contributed by atoms with Crippen LogP contribution < -0.4 is 0 Å². The lowest BCUT2D eigenvalue weighted by atomic mass is 9.75. The fourth-order valence-corrected chi connectivity index (χ4v) is 2.98. The number of carbonyl (C=O) groups excluding carboxylic acids is 2. The highest BCUT2D eigenvalue weighted by Gasteiger charge is 2.47. The first-order valence-corrected chi connectivity index (χ1v) is 7.41. The van der Waals surface area contributed by atoms with Gasteiger partial charge in [0.25, 0.3) is 0 Å². The number of carbonyl (C=O) groups is 2. The first-order chi connectivity index (χ1) is 9.60. The molecule has 0 aromatic rings. The molecule has 0 spiro atoms. The Hall–Kier alpha value is -1.14. The van der Waals surface area contributed by atoms with Crippen LogP contribution in [0, 0.1) is 5.92 Å². The molecular formula is C15H27NO5. The highest BCUT2D eigenvalue weighted by Crippen LogP contribution is 2.40. The van der Waals surface area contributed by atoms with E-state index in [-0.39, 0.29) is 24.6 Å². The summed E-state index contributed by atoms with van der Waals surface area (Å²) in [5.41, 5.74) is -1.02. The van der Waals surface area contributed by atoms with E-state index in [1.165, 1.54) is 5.06 Å². The normalized spacial score (nSPS) is 21.8. The van der Waals surface area contributed by atoms with Gasteiger partial charge in [0.2, 0.25) is 6.79 Å². The van der Waals surface area contributed by atoms with E-state index >= 15 is 0 Å². The number of ether oxygens (including phenoxy) is 2. The number of hydroxylamine groups is 2. The van der Waals surface area contributed by atoms with Gasteiger partial charge < -0.3 is 14.7 Å². The molecule has 0 radical (unpaired) electrons. The summed E-state index contributed by atoms with van der Waals surface area (Å²) in [4.78, 5) is 23.3. The SMILES string of the molecule is CCCC(=O)OCOC(=O)C1CC(C)(C)N(O)C(C)(C)C1. The van der Waals surface area contributed by atoms with Crippen LogP contribution in [0.3, 0.4) is 0 Å². The van der Waals surface area contributed by atoms with Crippen molar-refractivity contribution in [1.82, 2.24) is 5.06 Å². The Bertz CT molecular complexity index is 374. The van der Waals surface area contributed by atoms with Crippen LogP contribution in [0.15, 0.2) is 0 Å². The van der Waals surface area contributed by atoms with Gasteiger partial charge in [0, 0.05) is 17.5 Å². The van der Waals surface area contributed by atoms with E-state index in [0.717, 1.165) is 0 Å². The van der Waals surface area contributed by atoms with Crippen molar-refractivity contribution in [3.63, 3.8) is 0 Å². The average Bonchev–Trinajstić information content (AvgIpc) is 2.35. The van der Waals surface area contributed by atoms with Crippen molar-refractivity contribution in [3.05, 3.63) is 0 Å². The molecule has 0 unspecified atom stereocenters. The number of hydrogen-bond acceptors (Lipinski definition) is 6. The molecule has 122 valence electrons. The predicted molar refractivity (Wildman–Crippen MR) is 76.5 cm³/mol. The lowest BCUT2D eigenvalue weighted by molar-refractivity contribution is -0.252. The monoisotopic (exact) mass is 301 g/mol. The highest BCUT2D eigenvalue weighted by atomic mass is 16.7. The van der Waals surface area contributed by atoms with Crippen LogP contribution in [0.5, 0.6) is 0 Å². The van der Waals surface area contributed by atoms with Crippen molar-refractivity contribution in [2.24, 2.45) is 5.92 Å². The highest BCUT2D eigenvalue weighted by molar-refractivity contribution is 5.73. The zero-order valence-corrected chi connectivity index (χ0v) is 13.6. The van der Waals surface area contributed by atoms with Crippen molar-refractivity contribution in [1.29, 1.82) is 0 Å². The molecule has 1 aliphatic heterocycles. The molecule has 0 amide bonds. The molecule has 1 heterocycles. The van der Waals surface area contributed by atoms with Gasteiger partial charge in [-0.05, 0) is 47.0 Å². The van der Waals surface area contributed by atoms with Crippen LogP contribution in [0.1, 0.15) is 60.3 Å². The Morgan fingerprint density at radius 2 is 1.67 bits per heavy atom. The third-order valence-electron chi connectivity index (χ3n) is 3.85. The van der Waals surface area contributed by atoms with Gasteiger partial charge in [0.1, 0.15) is 0 Å². The van der Waals surface area contributed by atoms with E-state index in [4.69, 9.17) is 9.47 Å². The summed E-state index contributed by atoms with van der Waals surface area (Å²) >= 11 is 0. The van der Waals surface area contributed by atoms with Crippen molar-refractivity contribution in [3.8, 4) is 0 Å². The Morgan fingerprint density at radius 3 is 2.14 bits per heavy atom. The van der Waals surface area contributed by atoms with Crippen molar-refractivity contribution >= 4 is 11.9 Å². The van der Waals surface area contributed by atoms with Gasteiger partial charge in [-0.2, -0.15) is 5.06 Å². The Kier molecular flexibility index (Phi) is 5.75. The van der Waals surface area contributed by atoms with Crippen molar-refractivity contribution < 1.29 is 24.3 Å². The van der Waals surface area contributed by atoms with Gasteiger partial charge >= 0.3 is 11.9 Å². The summed E-state index contributed by atoms with van der Waals surface area (Å²) in [6.45, 7) is 9.08. The molecule has 6 nitrogen and oxygen atoms in total. The topological polar surface area (TPSA) is 76.1 Å². The number of nitrogens with zero attached hydrogens (tertiary/aromatic N) is 1. The smallest absolute Gasteiger partial charge is 0.311 e. The minimum absolute atomic E-state index is 0.316. The molecule has 1 fully saturated rings. The van der Waals surface area contributed by atoms with Gasteiger partial charge in [-0.15, -0.1) is 0 Å². The Morgan fingerprint density at radius 1 is 1.14 bits per heavy atom. The second kappa shape index (κ2) is 6.75. The van der Waals surface area contributed by atoms with Gasteiger partial charge in [-0.25, -0.2) is 0 Å². The van der Waals surface area contributed by atoms with Crippen molar-refractivity contribution in [2.75, 3.05) is 6.79 Å². The molecule has 1 N–H and O–H groups in total. The number of hydrogen-bond donors (Lipinski definition) is 1. The number of piperidine rings is 1. The van der Waals surface area contributed by atoms with Crippen LogP contribution in [-0.4, -0.2) is 40.1 Å². The maximum atomic E-state index is 12.1. The van der Waals surface area contributed by atoms with Gasteiger partial charge in [0.15, 0.2) is 0 Å². The van der Waals surface area contributed by atoms with E-state index in [1.54, 1.807) is 0 Å². The Balaban J connectivity index is 2.53. The first kappa shape index (κ1) is 17.9. The van der Waals surface area contributed by atoms with Gasteiger partial charge in [-0.1, -0.05) is 6.92 Å². The van der Waals surface area contributed by atoms with E-state index in [1.807, 2.05) is 34.6 Å². The third-order valence-corrected chi connectivity index (χ3v) is 3.85.